The average molecular weight is 350 g/mol. The largest absolute Gasteiger partial charge is 0.469 e. The Morgan fingerprint density at radius 1 is 1.74 bits per heavy atom. The van der Waals surface area contributed by atoms with Crippen LogP contribution in [0, 0.1) is 0 Å². The van der Waals surface area contributed by atoms with Crippen LogP contribution in [0.25, 0.3) is 0 Å². The monoisotopic (exact) mass is 348 g/mol. The molecule has 0 radical (unpaired) electrons. The van der Waals surface area contributed by atoms with Gasteiger partial charge in [0.2, 0.25) is 0 Å². The molecule has 104 valence electrons. The van der Waals surface area contributed by atoms with Crippen molar-refractivity contribution in [3.8, 4) is 0 Å². The summed E-state index contributed by atoms with van der Waals surface area (Å²) in [6, 6.07) is 1.80. The lowest BCUT2D eigenvalue weighted by Gasteiger charge is -2.33. The summed E-state index contributed by atoms with van der Waals surface area (Å²) >= 11 is 9.32. The van der Waals surface area contributed by atoms with E-state index < -0.39 is 0 Å². The molecule has 0 bridgehead atoms. The predicted molar refractivity (Wildman–Crippen MR) is 75.5 cm³/mol. The topological polar surface area (TPSA) is 51.7 Å². The van der Waals surface area contributed by atoms with Crippen molar-refractivity contribution in [2.24, 2.45) is 0 Å². The van der Waals surface area contributed by atoms with E-state index in [0.717, 1.165) is 16.8 Å². The zero-order chi connectivity index (χ0) is 13.8. The molecule has 1 unspecified atom stereocenters. The van der Waals surface area contributed by atoms with Crippen LogP contribution in [0.4, 0.5) is 5.82 Å². The maximum absolute atomic E-state index is 11.3. The Kier molecular flexibility index (Phi) is 5.01. The van der Waals surface area contributed by atoms with E-state index in [-0.39, 0.29) is 18.5 Å². The van der Waals surface area contributed by atoms with Gasteiger partial charge in [-0.3, -0.25) is 4.79 Å². The molecular formula is C12H14BrClN2O3. The molecule has 0 aromatic carbocycles. The number of carbonyl (C=O) groups excluding carboxylic acids is 1. The number of nitrogens with zero attached hydrogens (tertiary/aromatic N) is 2. The summed E-state index contributed by atoms with van der Waals surface area (Å²) in [5.74, 6) is 0.539. The Morgan fingerprint density at radius 2 is 2.53 bits per heavy atom. The maximum atomic E-state index is 11.3. The first-order valence-electron chi connectivity index (χ1n) is 5.84. The summed E-state index contributed by atoms with van der Waals surface area (Å²) in [6.07, 6.45) is 1.68. The van der Waals surface area contributed by atoms with E-state index in [0.29, 0.717) is 18.2 Å². The van der Waals surface area contributed by atoms with Gasteiger partial charge in [0.05, 0.1) is 35.7 Å². The van der Waals surface area contributed by atoms with Gasteiger partial charge in [-0.15, -0.1) is 0 Å². The van der Waals surface area contributed by atoms with Crippen molar-refractivity contribution in [1.82, 2.24) is 4.98 Å². The maximum Gasteiger partial charge on any atom is 0.308 e. The second-order valence-corrected chi connectivity index (χ2v) is 5.47. The fraction of sp³-hybridized carbons (Fsp3) is 0.500. The number of morpholine rings is 1. The number of methoxy groups -OCH3 is 1. The Labute approximate surface area is 125 Å². The quantitative estimate of drug-likeness (QED) is 0.784. The number of ether oxygens (including phenoxy) is 2. The molecule has 1 aliphatic heterocycles. The number of carbonyl (C=O) groups is 1. The van der Waals surface area contributed by atoms with Crippen molar-refractivity contribution < 1.29 is 14.3 Å². The van der Waals surface area contributed by atoms with Crippen LogP contribution in [0.5, 0.6) is 0 Å². The first kappa shape index (κ1) is 14.6. The van der Waals surface area contributed by atoms with Crippen molar-refractivity contribution in [2.45, 2.75) is 12.5 Å². The van der Waals surface area contributed by atoms with Crippen LogP contribution in [-0.2, 0) is 14.3 Å². The number of hydrogen-bond acceptors (Lipinski definition) is 5. The van der Waals surface area contributed by atoms with Crippen molar-refractivity contribution in [3.63, 3.8) is 0 Å². The number of rotatable bonds is 3. The average Bonchev–Trinajstić information content (AvgIpc) is 2.39. The third-order valence-corrected chi connectivity index (χ3v) is 3.64. The molecule has 1 aromatic heterocycles. The van der Waals surface area contributed by atoms with E-state index in [1.165, 1.54) is 7.11 Å². The Morgan fingerprint density at radius 3 is 3.21 bits per heavy atom. The summed E-state index contributed by atoms with van der Waals surface area (Å²) in [5, 5.41) is 0.579. The second-order valence-electron chi connectivity index (χ2n) is 4.18. The number of pyridine rings is 1. The fourth-order valence-corrected chi connectivity index (χ4v) is 2.83. The van der Waals surface area contributed by atoms with Gasteiger partial charge in [0, 0.05) is 19.3 Å². The van der Waals surface area contributed by atoms with Gasteiger partial charge in [-0.05, 0) is 22.0 Å². The summed E-state index contributed by atoms with van der Waals surface area (Å²) in [4.78, 5) is 17.6. The molecule has 1 aliphatic rings. The van der Waals surface area contributed by atoms with Gasteiger partial charge in [0.15, 0.2) is 0 Å². The number of esters is 1. The summed E-state index contributed by atoms with van der Waals surface area (Å²) in [5.41, 5.74) is 0. The van der Waals surface area contributed by atoms with Crippen LogP contribution >= 0.6 is 27.5 Å². The van der Waals surface area contributed by atoms with Crippen molar-refractivity contribution in [3.05, 3.63) is 21.8 Å². The van der Waals surface area contributed by atoms with Crippen LogP contribution < -0.4 is 4.90 Å². The first-order valence-corrected chi connectivity index (χ1v) is 7.01. The van der Waals surface area contributed by atoms with Crippen LogP contribution in [0.1, 0.15) is 6.42 Å². The number of aromatic nitrogens is 1. The number of anilines is 1. The standard InChI is InChI=1S/C12H14BrClN2O3/c1-18-11(17)5-9-7-16(2-3-19-9)12-10(13)4-8(14)6-15-12/h4,6,9H,2-3,5,7H2,1H3. The molecule has 1 fully saturated rings. The highest BCUT2D eigenvalue weighted by Gasteiger charge is 2.25. The molecule has 2 heterocycles. The van der Waals surface area contributed by atoms with E-state index >= 15 is 0 Å². The SMILES string of the molecule is COC(=O)CC1CN(c2ncc(Cl)cc2Br)CCO1. The van der Waals surface area contributed by atoms with Gasteiger partial charge >= 0.3 is 5.97 Å². The van der Waals surface area contributed by atoms with Crippen LogP contribution in [0.15, 0.2) is 16.7 Å². The van der Waals surface area contributed by atoms with Gasteiger partial charge in [0.1, 0.15) is 5.82 Å². The molecule has 19 heavy (non-hydrogen) atoms. The van der Waals surface area contributed by atoms with Crippen molar-refractivity contribution in [2.75, 3.05) is 31.7 Å². The predicted octanol–water partition coefficient (Wildman–Crippen LogP) is 2.27. The lowest BCUT2D eigenvalue weighted by molar-refractivity contribution is -0.144. The number of hydrogen-bond donors (Lipinski definition) is 0. The zero-order valence-corrected chi connectivity index (χ0v) is 12.8. The lowest BCUT2D eigenvalue weighted by atomic mass is 10.2. The van der Waals surface area contributed by atoms with Crippen molar-refractivity contribution >= 4 is 39.3 Å². The number of halogens is 2. The van der Waals surface area contributed by atoms with Gasteiger partial charge in [0.25, 0.3) is 0 Å². The third kappa shape index (κ3) is 3.81. The minimum Gasteiger partial charge on any atom is -0.469 e. The van der Waals surface area contributed by atoms with E-state index in [2.05, 4.69) is 30.6 Å². The molecular weight excluding hydrogens is 336 g/mol. The van der Waals surface area contributed by atoms with Gasteiger partial charge in [-0.25, -0.2) is 4.98 Å². The molecule has 2 rings (SSSR count). The molecule has 0 N–H and O–H groups in total. The van der Waals surface area contributed by atoms with Gasteiger partial charge in [-0.1, -0.05) is 11.6 Å². The highest BCUT2D eigenvalue weighted by Crippen LogP contribution is 2.28. The van der Waals surface area contributed by atoms with E-state index in [9.17, 15) is 4.79 Å². The van der Waals surface area contributed by atoms with Gasteiger partial charge < -0.3 is 14.4 Å². The van der Waals surface area contributed by atoms with Crippen molar-refractivity contribution in [1.29, 1.82) is 0 Å². The highest BCUT2D eigenvalue weighted by molar-refractivity contribution is 9.10. The molecule has 1 aromatic rings. The van der Waals surface area contributed by atoms with E-state index in [1.807, 2.05) is 0 Å². The molecule has 7 heteroatoms. The molecule has 0 amide bonds. The van der Waals surface area contributed by atoms with Crippen LogP contribution in [0.3, 0.4) is 0 Å². The summed E-state index contributed by atoms with van der Waals surface area (Å²) in [7, 11) is 1.38. The Balaban J connectivity index is 2.06. The molecule has 0 saturated carbocycles. The zero-order valence-electron chi connectivity index (χ0n) is 10.4. The van der Waals surface area contributed by atoms with E-state index in [4.69, 9.17) is 16.3 Å². The molecule has 1 atom stereocenters. The van der Waals surface area contributed by atoms with Crippen LogP contribution in [-0.4, -0.2) is 43.9 Å². The second kappa shape index (κ2) is 6.54. The molecule has 1 saturated heterocycles. The summed E-state index contributed by atoms with van der Waals surface area (Å²) in [6.45, 7) is 1.88. The molecule has 5 nitrogen and oxygen atoms in total. The lowest BCUT2D eigenvalue weighted by Crippen LogP contribution is -2.44. The minimum atomic E-state index is -0.269. The molecule has 0 spiro atoms. The normalized spacial score (nSPS) is 19.3. The third-order valence-electron chi connectivity index (χ3n) is 2.85. The first-order chi connectivity index (χ1) is 9.10. The smallest absolute Gasteiger partial charge is 0.308 e. The fourth-order valence-electron chi connectivity index (χ4n) is 1.94. The van der Waals surface area contributed by atoms with E-state index in [1.54, 1.807) is 12.3 Å². The highest BCUT2D eigenvalue weighted by atomic mass is 79.9. The van der Waals surface area contributed by atoms with Gasteiger partial charge in [-0.2, -0.15) is 0 Å². The summed E-state index contributed by atoms with van der Waals surface area (Å²) < 4.78 is 11.0. The van der Waals surface area contributed by atoms with Crippen LogP contribution in [0.2, 0.25) is 5.02 Å². The molecule has 0 aliphatic carbocycles. The Hall–Kier alpha value is -0.850. The Bertz CT molecular complexity index is 472. The minimum absolute atomic E-state index is 0.175.